The molecule has 2 rings (SSSR count). The van der Waals surface area contributed by atoms with Gasteiger partial charge in [0.2, 0.25) is 5.88 Å². The molecule has 0 radical (unpaired) electrons. The van der Waals surface area contributed by atoms with E-state index in [2.05, 4.69) is 5.10 Å². The SMILES string of the molecule is CCc1nn(C)c(Oc2cc(F)ccc2F)c1N. The van der Waals surface area contributed by atoms with Crippen LogP contribution >= 0.6 is 0 Å². The lowest BCUT2D eigenvalue weighted by molar-refractivity contribution is 0.401. The van der Waals surface area contributed by atoms with Crippen molar-refractivity contribution >= 4 is 5.69 Å². The molecule has 0 aliphatic rings. The minimum atomic E-state index is -0.657. The van der Waals surface area contributed by atoms with Crippen LogP contribution in [0.2, 0.25) is 0 Å². The van der Waals surface area contributed by atoms with Crippen LogP contribution in [-0.2, 0) is 13.5 Å². The highest BCUT2D eigenvalue weighted by molar-refractivity contribution is 5.54. The second kappa shape index (κ2) is 4.64. The summed E-state index contributed by atoms with van der Waals surface area (Å²) in [4.78, 5) is 0. The molecule has 96 valence electrons. The fourth-order valence-electron chi connectivity index (χ4n) is 1.62. The Bertz CT molecular complexity index is 581. The van der Waals surface area contributed by atoms with Gasteiger partial charge in [0.1, 0.15) is 11.5 Å². The van der Waals surface area contributed by atoms with E-state index in [-0.39, 0.29) is 11.6 Å². The zero-order chi connectivity index (χ0) is 13.3. The van der Waals surface area contributed by atoms with Gasteiger partial charge in [-0.25, -0.2) is 13.5 Å². The monoisotopic (exact) mass is 253 g/mol. The van der Waals surface area contributed by atoms with E-state index in [9.17, 15) is 8.78 Å². The third kappa shape index (κ3) is 2.13. The molecule has 0 unspecified atom stereocenters. The molecule has 1 aromatic carbocycles. The molecule has 0 saturated carbocycles. The van der Waals surface area contributed by atoms with E-state index in [0.717, 1.165) is 18.2 Å². The summed E-state index contributed by atoms with van der Waals surface area (Å²) >= 11 is 0. The van der Waals surface area contributed by atoms with Crippen molar-refractivity contribution in [2.75, 3.05) is 5.73 Å². The Morgan fingerprint density at radius 2 is 2.11 bits per heavy atom. The van der Waals surface area contributed by atoms with Crippen LogP contribution in [0.15, 0.2) is 18.2 Å². The molecule has 0 aliphatic carbocycles. The Morgan fingerprint density at radius 3 is 2.72 bits per heavy atom. The third-order valence-electron chi connectivity index (χ3n) is 2.54. The van der Waals surface area contributed by atoms with Gasteiger partial charge in [0.25, 0.3) is 0 Å². The number of nitrogens with two attached hydrogens (primary N) is 1. The van der Waals surface area contributed by atoms with Crippen molar-refractivity contribution < 1.29 is 13.5 Å². The number of anilines is 1. The lowest BCUT2D eigenvalue weighted by Crippen LogP contribution is -1.98. The van der Waals surface area contributed by atoms with E-state index in [1.54, 1.807) is 7.05 Å². The van der Waals surface area contributed by atoms with E-state index >= 15 is 0 Å². The number of aromatic nitrogens is 2. The molecule has 6 heteroatoms. The number of halogens is 2. The Kier molecular flexibility index (Phi) is 3.18. The Balaban J connectivity index is 2.39. The fourth-order valence-corrected chi connectivity index (χ4v) is 1.62. The zero-order valence-electron chi connectivity index (χ0n) is 10.1. The quantitative estimate of drug-likeness (QED) is 0.914. The fraction of sp³-hybridized carbons (Fsp3) is 0.250. The standard InChI is InChI=1S/C12H13F2N3O/c1-3-9-11(15)12(17(2)16-9)18-10-6-7(13)4-5-8(10)14/h4-6H,3,15H2,1-2H3. The summed E-state index contributed by atoms with van der Waals surface area (Å²) in [6.45, 7) is 1.89. The number of benzene rings is 1. The number of hydrogen-bond acceptors (Lipinski definition) is 3. The van der Waals surface area contributed by atoms with E-state index in [1.165, 1.54) is 4.68 Å². The minimum absolute atomic E-state index is 0.205. The first-order chi connectivity index (χ1) is 8.52. The van der Waals surface area contributed by atoms with Crippen LogP contribution in [0, 0.1) is 11.6 Å². The van der Waals surface area contributed by atoms with Crippen LogP contribution in [0.5, 0.6) is 11.6 Å². The van der Waals surface area contributed by atoms with E-state index in [4.69, 9.17) is 10.5 Å². The maximum atomic E-state index is 13.4. The molecule has 2 N–H and O–H groups in total. The van der Waals surface area contributed by atoms with Crippen LogP contribution in [0.4, 0.5) is 14.5 Å². The van der Waals surface area contributed by atoms with Crippen LogP contribution in [-0.4, -0.2) is 9.78 Å². The predicted octanol–water partition coefficient (Wildman–Crippen LogP) is 2.64. The molecule has 18 heavy (non-hydrogen) atoms. The Labute approximate surface area is 103 Å². The average molecular weight is 253 g/mol. The number of nitrogens with zero attached hydrogens (tertiary/aromatic N) is 2. The van der Waals surface area contributed by atoms with Crippen molar-refractivity contribution in [3.05, 3.63) is 35.5 Å². The van der Waals surface area contributed by atoms with Crippen molar-refractivity contribution in [3.63, 3.8) is 0 Å². The van der Waals surface area contributed by atoms with Crippen LogP contribution in [0.1, 0.15) is 12.6 Å². The molecule has 0 saturated heterocycles. The lowest BCUT2D eigenvalue weighted by atomic mass is 10.3. The van der Waals surface area contributed by atoms with Gasteiger partial charge in [0.15, 0.2) is 11.6 Å². The molecule has 0 amide bonds. The van der Waals surface area contributed by atoms with Gasteiger partial charge in [-0.3, -0.25) is 0 Å². The van der Waals surface area contributed by atoms with E-state index in [1.807, 2.05) is 6.92 Å². The molecular formula is C12H13F2N3O. The van der Waals surface area contributed by atoms with Crippen LogP contribution in [0.3, 0.4) is 0 Å². The summed E-state index contributed by atoms with van der Waals surface area (Å²) in [7, 11) is 1.63. The van der Waals surface area contributed by atoms with Gasteiger partial charge in [-0.05, 0) is 18.6 Å². The first kappa shape index (κ1) is 12.3. The minimum Gasteiger partial charge on any atom is -0.434 e. The van der Waals surface area contributed by atoms with E-state index in [0.29, 0.717) is 17.8 Å². The molecule has 4 nitrogen and oxygen atoms in total. The van der Waals surface area contributed by atoms with Crippen molar-refractivity contribution in [1.82, 2.24) is 9.78 Å². The molecule has 0 fully saturated rings. The summed E-state index contributed by atoms with van der Waals surface area (Å²) in [5.74, 6) is -1.25. The highest BCUT2D eigenvalue weighted by Crippen LogP contribution is 2.31. The van der Waals surface area contributed by atoms with Gasteiger partial charge in [0.05, 0.1) is 5.69 Å². The first-order valence-electron chi connectivity index (χ1n) is 5.47. The molecule has 0 atom stereocenters. The topological polar surface area (TPSA) is 53.1 Å². The van der Waals surface area contributed by atoms with Gasteiger partial charge >= 0.3 is 0 Å². The predicted molar refractivity (Wildman–Crippen MR) is 63.4 cm³/mol. The van der Waals surface area contributed by atoms with Gasteiger partial charge in [-0.15, -0.1) is 0 Å². The Morgan fingerprint density at radius 1 is 1.39 bits per heavy atom. The van der Waals surface area contributed by atoms with Gasteiger partial charge in [-0.2, -0.15) is 5.10 Å². The number of hydrogen-bond donors (Lipinski definition) is 1. The zero-order valence-corrected chi connectivity index (χ0v) is 10.1. The maximum absolute atomic E-state index is 13.4. The lowest BCUT2D eigenvalue weighted by Gasteiger charge is -2.07. The molecule has 0 aliphatic heterocycles. The summed E-state index contributed by atoms with van der Waals surface area (Å²) < 4.78 is 33.2. The summed E-state index contributed by atoms with van der Waals surface area (Å²) in [6, 6.07) is 2.98. The summed E-state index contributed by atoms with van der Waals surface area (Å²) in [6.07, 6.45) is 0.634. The van der Waals surface area contributed by atoms with Gasteiger partial charge in [0, 0.05) is 13.1 Å². The largest absolute Gasteiger partial charge is 0.434 e. The van der Waals surface area contributed by atoms with Gasteiger partial charge in [-0.1, -0.05) is 6.92 Å². The first-order valence-corrected chi connectivity index (χ1v) is 5.47. The number of ether oxygens (including phenoxy) is 1. The van der Waals surface area contributed by atoms with E-state index < -0.39 is 11.6 Å². The molecule has 0 bridgehead atoms. The van der Waals surface area contributed by atoms with Crippen LogP contribution in [0.25, 0.3) is 0 Å². The highest BCUT2D eigenvalue weighted by Gasteiger charge is 2.16. The Hall–Kier alpha value is -2.11. The molecule has 0 spiro atoms. The van der Waals surface area contributed by atoms with Crippen LogP contribution < -0.4 is 10.5 Å². The second-order valence-electron chi connectivity index (χ2n) is 3.82. The summed E-state index contributed by atoms with van der Waals surface area (Å²) in [5, 5.41) is 4.13. The smallest absolute Gasteiger partial charge is 0.241 e. The third-order valence-corrected chi connectivity index (χ3v) is 2.54. The molecule has 1 heterocycles. The van der Waals surface area contributed by atoms with Crippen molar-refractivity contribution in [2.24, 2.45) is 7.05 Å². The average Bonchev–Trinajstić information content (AvgIpc) is 2.61. The van der Waals surface area contributed by atoms with Crippen molar-refractivity contribution in [2.45, 2.75) is 13.3 Å². The van der Waals surface area contributed by atoms with Gasteiger partial charge < -0.3 is 10.5 Å². The number of aryl methyl sites for hydroxylation is 2. The normalized spacial score (nSPS) is 10.7. The molecule has 1 aromatic heterocycles. The maximum Gasteiger partial charge on any atom is 0.241 e. The summed E-state index contributed by atoms with van der Waals surface area (Å²) in [5.41, 5.74) is 6.82. The number of nitrogen functional groups attached to an aromatic ring is 1. The second-order valence-corrected chi connectivity index (χ2v) is 3.82. The highest BCUT2D eigenvalue weighted by atomic mass is 19.1. The molecule has 2 aromatic rings. The van der Waals surface area contributed by atoms with Crippen molar-refractivity contribution in [3.8, 4) is 11.6 Å². The molecular weight excluding hydrogens is 240 g/mol. The van der Waals surface area contributed by atoms with Crippen molar-refractivity contribution in [1.29, 1.82) is 0 Å². The number of rotatable bonds is 3.